The minimum absolute atomic E-state index is 0.194. The summed E-state index contributed by atoms with van der Waals surface area (Å²) in [5.41, 5.74) is 3.10. The highest BCUT2D eigenvalue weighted by Gasteiger charge is 2.06. The van der Waals surface area contributed by atoms with E-state index >= 15 is 0 Å². The first-order valence-electron chi connectivity index (χ1n) is 5.70. The molecule has 0 aromatic heterocycles. The Morgan fingerprint density at radius 3 is 2.71 bits per heavy atom. The van der Waals surface area contributed by atoms with Crippen LogP contribution >= 0.6 is 11.6 Å². The zero-order valence-electron chi connectivity index (χ0n) is 10.5. The van der Waals surface area contributed by atoms with Gasteiger partial charge in [-0.25, -0.2) is 0 Å². The lowest BCUT2D eigenvalue weighted by Crippen LogP contribution is -2.12. The van der Waals surface area contributed by atoms with Crippen LogP contribution in [0, 0.1) is 13.8 Å². The van der Waals surface area contributed by atoms with Gasteiger partial charge < -0.3 is 10.1 Å². The van der Waals surface area contributed by atoms with Crippen LogP contribution < -0.4 is 5.32 Å². The standard InChI is InChI=1S/C13H18ClNO2/c1-4-17-12(16)5-6-15-13-10(3)7-9(2)8-11(13)14/h7-8,15H,4-6H2,1-3H3. The first-order valence-corrected chi connectivity index (χ1v) is 6.08. The molecule has 0 spiro atoms. The molecule has 1 aromatic carbocycles. The lowest BCUT2D eigenvalue weighted by Gasteiger charge is -2.12. The molecule has 0 heterocycles. The topological polar surface area (TPSA) is 38.3 Å². The number of ether oxygens (including phenoxy) is 1. The van der Waals surface area contributed by atoms with Crippen molar-refractivity contribution in [3.63, 3.8) is 0 Å². The van der Waals surface area contributed by atoms with E-state index in [1.807, 2.05) is 19.9 Å². The number of halogens is 1. The third kappa shape index (κ3) is 4.27. The summed E-state index contributed by atoms with van der Waals surface area (Å²) in [5, 5.41) is 3.85. The van der Waals surface area contributed by atoms with Gasteiger partial charge in [-0.3, -0.25) is 4.79 Å². The zero-order valence-corrected chi connectivity index (χ0v) is 11.2. The number of carbonyl (C=O) groups is 1. The van der Waals surface area contributed by atoms with Crippen molar-refractivity contribution in [2.24, 2.45) is 0 Å². The maximum absolute atomic E-state index is 11.2. The van der Waals surface area contributed by atoms with Crippen molar-refractivity contribution in [2.45, 2.75) is 27.2 Å². The summed E-state index contributed by atoms with van der Waals surface area (Å²) in [6, 6.07) is 3.96. The maximum Gasteiger partial charge on any atom is 0.307 e. The van der Waals surface area contributed by atoms with Crippen LogP contribution in [0.4, 0.5) is 5.69 Å². The van der Waals surface area contributed by atoms with E-state index in [1.165, 1.54) is 0 Å². The van der Waals surface area contributed by atoms with Crippen molar-refractivity contribution >= 4 is 23.3 Å². The monoisotopic (exact) mass is 255 g/mol. The van der Waals surface area contributed by atoms with Crippen molar-refractivity contribution in [2.75, 3.05) is 18.5 Å². The second-order valence-corrected chi connectivity index (χ2v) is 4.33. The van der Waals surface area contributed by atoms with Crippen molar-refractivity contribution in [3.8, 4) is 0 Å². The van der Waals surface area contributed by atoms with E-state index in [9.17, 15) is 4.79 Å². The van der Waals surface area contributed by atoms with Crippen LogP contribution in [0.15, 0.2) is 12.1 Å². The Labute approximate surface area is 107 Å². The molecule has 17 heavy (non-hydrogen) atoms. The summed E-state index contributed by atoms with van der Waals surface area (Å²) in [7, 11) is 0. The molecule has 0 saturated carbocycles. The minimum Gasteiger partial charge on any atom is -0.466 e. The largest absolute Gasteiger partial charge is 0.466 e. The number of benzene rings is 1. The molecule has 0 unspecified atom stereocenters. The van der Waals surface area contributed by atoms with Gasteiger partial charge in [-0.2, -0.15) is 0 Å². The average Bonchev–Trinajstić information content (AvgIpc) is 2.22. The molecule has 0 amide bonds. The quantitative estimate of drug-likeness (QED) is 0.821. The van der Waals surface area contributed by atoms with Gasteiger partial charge in [0, 0.05) is 6.54 Å². The Bertz CT molecular complexity index is 381. The van der Waals surface area contributed by atoms with Crippen molar-refractivity contribution in [1.82, 2.24) is 0 Å². The van der Waals surface area contributed by atoms with Gasteiger partial charge in [0.05, 0.1) is 23.7 Å². The number of hydrogen-bond acceptors (Lipinski definition) is 3. The van der Waals surface area contributed by atoms with E-state index in [2.05, 4.69) is 11.4 Å². The smallest absolute Gasteiger partial charge is 0.307 e. The van der Waals surface area contributed by atoms with Crippen LogP contribution in [-0.2, 0) is 9.53 Å². The SMILES string of the molecule is CCOC(=O)CCNc1c(C)cc(C)cc1Cl. The molecule has 4 heteroatoms. The fourth-order valence-electron chi connectivity index (χ4n) is 1.66. The van der Waals surface area contributed by atoms with Crippen LogP contribution in [0.25, 0.3) is 0 Å². The van der Waals surface area contributed by atoms with E-state index in [1.54, 1.807) is 6.92 Å². The summed E-state index contributed by atoms with van der Waals surface area (Å²) < 4.78 is 4.85. The highest BCUT2D eigenvalue weighted by Crippen LogP contribution is 2.27. The van der Waals surface area contributed by atoms with Gasteiger partial charge in [0.2, 0.25) is 0 Å². The number of hydrogen-bond donors (Lipinski definition) is 1. The number of aryl methyl sites for hydroxylation is 2. The molecule has 0 radical (unpaired) electrons. The van der Waals surface area contributed by atoms with Crippen LogP contribution in [0.3, 0.4) is 0 Å². The molecular weight excluding hydrogens is 238 g/mol. The van der Waals surface area contributed by atoms with Crippen LogP contribution in [0.5, 0.6) is 0 Å². The molecule has 0 bridgehead atoms. The second-order valence-electron chi connectivity index (χ2n) is 3.92. The van der Waals surface area contributed by atoms with Crippen LogP contribution in [0.2, 0.25) is 5.02 Å². The van der Waals surface area contributed by atoms with Crippen LogP contribution in [0.1, 0.15) is 24.5 Å². The normalized spacial score (nSPS) is 10.1. The van der Waals surface area contributed by atoms with Crippen molar-refractivity contribution in [3.05, 3.63) is 28.3 Å². The van der Waals surface area contributed by atoms with Crippen molar-refractivity contribution < 1.29 is 9.53 Å². The lowest BCUT2D eigenvalue weighted by molar-refractivity contribution is -0.142. The molecular formula is C13H18ClNO2. The fraction of sp³-hybridized carbons (Fsp3) is 0.462. The van der Waals surface area contributed by atoms with E-state index in [-0.39, 0.29) is 5.97 Å². The summed E-state index contributed by atoms with van der Waals surface area (Å²) >= 11 is 6.13. The van der Waals surface area contributed by atoms with Gasteiger partial charge in [0.1, 0.15) is 0 Å². The van der Waals surface area contributed by atoms with Gasteiger partial charge in [-0.1, -0.05) is 17.7 Å². The van der Waals surface area contributed by atoms with E-state index in [4.69, 9.17) is 16.3 Å². The second kappa shape index (κ2) is 6.50. The van der Waals surface area contributed by atoms with Crippen LogP contribution in [-0.4, -0.2) is 19.1 Å². The predicted molar refractivity (Wildman–Crippen MR) is 70.7 cm³/mol. The van der Waals surface area contributed by atoms with Gasteiger partial charge in [-0.15, -0.1) is 0 Å². The third-order valence-corrected chi connectivity index (χ3v) is 2.67. The van der Waals surface area contributed by atoms with Gasteiger partial charge in [0.15, 0.2) is 0 Å². The summed E-state index contributed by atoms with van der Waals surface area (Å²) in [4.78, 5) is 11.2. The first kappa shape index (κ1) is 13.8. The average molecular weight is 256 g/mol. The molecule has 1 N–H and O–H groups in total. The summed E-state index contributed by atoms with van der Waals surface area (Å²) in [5.74, 6) is -0.194. The third-order valence-electron chi connectivity index (χ3n) is 2.37. The number of rotatable bonds is 5. The molecule has 0 fully saturated rings. The molecule has 0 saturated heterocycles. The molecule has 94 valence electrons. The Kier molecular flexibility index (Phi) is 5.29. The maximum atomic E-state index is 11.2. The Morgan fingerprint density at radius 2 is 2.12 bits per heavy atom. The van der Waals surface area contributed by atoms with Gasteiger partial charge >= 0.3 is 5.97 Å². The highest BCUT2D eigenvalue weighted by atomic mass is 35.5. The van der Waals surface area contributed by atoms with Crippen molar-refractivity contribution in [1.29, 1.82) is 0 Å². The van der Waals surface area contributed by atoms with E-state index in [0.29, 0.717) is 24.6 Å². The Hall–Kier alpha value is -1.22. The summed E-state index contributed by atoms with van der Waals surface area (Å²) in [6.45, 7) is 6.74. The first-order chi connectivity index (χ1) is 8.04. The Morgan fingerprint density at radius 1 is 1.41 bits per heavy atom. The van der Waals surface area contributed by atoms with E-state index in [0.717, 1.165) is 16.8 Å². The number of esters is 1. The molecule has 0 aliphatic heterocycles. The molecule has 0 atom stereocenters. The minimum atomic E-state index is -0.194. The molecule has 1 aromatic rings. The van der Waals surface area contributed by atoms with Gasteiger partial charge in [-0.05, 0) is 38.0 Å². The highest BCUT2D eigenvalue weighted by molar-refractivity contribution is 6.33. The number of carbonyl (C=O) groups excluding carboxylic acids is 1. The molecule has 0 aliphatic rings. The summed E-state index contributed by atoms with van der Waals surface area (Å²) in [6.07, 6.45) is 0.345. The van der Waals surface area contributed by atoms with E-state index < -0.39 is 0 Å². The molecule has 3 nitrogen and oxygen atoms in total. The zero-order chi connectivity index (χ0) is 12.8. The van der Waals surface area contributed by atoms with Gasteiger partial charge in [0.25, 0.3) is 0 Å². The Balaban J connectivity index is 2.55. The molecule has 1 rings (SSSR count). The lowest BCUT2D eigenvalue weighted by atomic mass is 10.1. The predicted octanol–water partition coefficient (Wildman–Crippen LogP) is 3.32. The number of nitrogens with one attached hydrogen (secondary N) is 1. The molecule has 0 aliphatic carbocycles. The fourth-order valence-corrected chi connectivity index (χ4v) is 2.05. The number of anilines is 1.